The van der Waals surface area contributed by atoms with E-state index in [1.165, 1.54) is 16.7 Å². The molecule has 0 unspecified atom stereocenters. The summed E-state index contributed by atoms with van der Waals surface area (Å²) in [4.78, 5) is 28.0. The predicted molar refractivity (Wildman–Crippen MR) is 79.9 cm³/mol. The number of carbonyl (C=O) groups is 2. The van der Waals surface area contributed by atoms with Gasteiger partial charge in [0.2, 0.25) is 0 Å². The van der Waals surface area contributed by atoms with E-state index in [4.69, 9.17) is 9.84 Å². The van der Waals surface area contributed by atoms with Crippen molar-refractivity contribution >= 4 is 23.3 Å². The second-order valence-electron chi connectivity index (χ2n) is 4.75. The highest BCUT2D eigenvalue weighted by molar-refractivity contribution is 7.09. The maximum atomic E-state index is 11.8. The predicted octanol–water partition coefficient (Wildman–Crippen LogP) is 1.45. The molecule has 1 rings (SSSR count). The molecule has 0 atom stereocenters. The molecule has 1 aromatic heterocycles. The van der Waals surface area contributed by atoms with E-state index >= 15 is 0 Å². The minimum Gasteiger partial charge on any atom is -0.476 e. The molecule has 118 valence electrons. The zero-order valence-corrected chi connectivity index (χ0v) is 13.3. The molecule has 0 fully saturated rings. The van der Waals surface area contributed by atoms with Crippen molar-refractivity contribution in [3.8, 4) is 0 Å². The molecule has 2 N–H and O–H groups in total. The van der Waals surface area contributed by atoms with E-state index in [0.717, 1.165) is 0 Å². The lowest BCUT2D eigenvalue weighted by atomic mass is 10.4. The zero-order valence-electron chi connectivity index (χ0n) is 12.5. The summed E-state index contributed by atoms with van der Waals surface area (Å²) in [5.74, 6) is -1.04. The van der Waals surface area contributed by atoms with Gasteiger partial charge in [-0.2, -0.15) is 0 Å². The standard InChI is InChI=1S/C13H21N3O4S/c1-9(2)20-7-6-16(3)13(19)14-5-4-11-15-10(8-21-11)12(17)18/h8-9H,4-7H2,1-3H3,(H,14,19)(H,17,18). The highest BCUT2D eigenvalue weighted by Crippen LogP contribution is 2.09. The number of urea groups is 1. The van der Waals surface area contributed by atoms with Crippen LogP contribution in [0.25, 0.3) is 0 Å². The topological polar surface area (TPSA) is 91.8 Å². The van der Waals surface area contributed by atoms with Crippen molar-refractivity contribution in [2.24, 2.45) is 0 Å². The molecule has 8 heteroatoms. The fraction of sp³-hybridized carbons (Fsp3) is 0.615. The Bertz CT molecular complexity index is 476. The first-order valence-corrected chi connectivity index (χ1v) is 7.56. The molecule has 0 saturated carbocycles. The van der Waals surface area contributed by atoms with Crippen molar-refractivity contribution in [1.82, 2.24) is 15.2 Å². The fourth-order valence-electron chi connectivity index (χ4n) is 1.46. The van der Waals surface area contributed by atoms with Crippen LogP contribution in [0.5, 0.6) is 0 Å². The molecule has 21 heavy (non-hydrogen) atoms. The summed E-state index contributed by atoms with van der Waals surface area (Å²) in [5.41, 5.74) is 0.0456. The number of nitrogens with zero attached hydrogens (tertiary/aromatic N) is 2. The van der Waals surface area contributed by atoms with Gasteiger partial charge in [0.1, 0.15) is 0 Å². The molecule has 0 aliphatic rings. The Labute approximate surface area is 127 Å². The van der Waals surface area contributed by atoms with Gasteiger partial charge in [0.15, 0.2) is 5.69 Å². The Kier molecular flexibility index (Phi) is 7.10. The van der Waals surface area contributed by atoms with Crippen LogP contribution in [-0.4, -0.2) is 59.8 Å². The van der Waals surface area contributed by atoms with Crippen LogP contribution >= 0.6 is 11.3 Å². The van der Waals surface area contributed by atoms with Gasteiger partial charge in [-0.25, -0.2) is 14.6 Å². The molecule has 2 amide bonds. The number of hydrogen-bond donors (Lipinski definition) is 2. The van der Waals surface area contributed by atoms with Gasteiger partial charge in [0, 0.05) is 31.9 Å². The number of aromatic nitrogens is 1. The molecule has 1 aromatic rings. The summed E-state index contributed by atoms with van der Waals surface area (Å²) in [7, 11) is 1.70. The number of carboxylic acid groups (broad SMARTS) is 1. The van der Waals surface area contributed by atoms with E-state index in [-0.39, 0.29) is 17.8 Å². The monoisotopic (exact) mass is 315 g/mol. The number of carbonyl (C=O) groups excluding carboxylic acids is 1. The van der Waals surface area contributed by atoms with Gasteiger partial charge in [-0.15, -0.1) is 11.3 Å². The number of carboxylic acids is 1. The van der Waals surface area contributed by atoms with Gasteiger partial charge in [-0.1, -0.05) is 0 Å². The molecular formula is C13H21N3O4S. The molecule has 0 radical (unpaired) electrons. The smallest absolute Gasteiger partial charge is 0.355 e. The fourth-order valence-corrected chi connectivity index (χ4v) is 2.23. The second kappa shape index (κ2) is 8.58. The Hall–Kier alpha value is -1.67. The average molecular weight is 315 g/mol. The average Bonchev–Trinajstić information content (AvgIpc) is 2.87. The summed E-state index contributed by atoms with van der Waals surface area (Å²) in [5, 5.41) is 13.7. The third kappa shape index (κ3) is 6.54. The molecule has 7 nitrogen and oxygen atoms in total. The Balaban J connectivity index is 2.24. The summed E-state index contributed by atoms with van der Waals surface area (Å²) >= 11 is 1.28. The van der Waals surface area contributed by atoms with Crippen molar-refractivity contribution < 1.29 is 19.4 Å². The maximum absolute atomic E-state index is 11.8. The lowest BCUT2D eigenvalue weighted by Gasteiger charge is -2.18. The van der Waals surface area contributed by atoms with E-state index in [9.17, 15) is 9.59 Å². The minimum atomic E-state index is -1.04. The van der Waals surface area contributed by atoms with E-state index in [1.807, 2.05) is 13.8 Å². The first-order valence-electron chi connectivity index (χ1n) is 6.68. The van der Waals surface area contributed by atoms with Gasteiger partial charge in [-0.05, 0) is 13.8 Å². The van der Waals surface area contributed by atoms with Crippen LogP contribution in [-0.2, 0) is 11.2 Å². The van der Waals surface area contributed by atoms with Crippen LogP contribution in [0.4, 0.5) is 4.79 Å². The highest BCUT2D eigenvalue weighted by atomic mass is 32.1. The molecule has 0 aliphatic carbocycles. The van der Waals surface area contributed by atoms with Crippen molar-refractivity contribution in [1.29, 1.82) is 0 Å². The second-order valence-corrected chi connectivity index (χ2v) is 5.70. The molecule has 0 spiro atoms. The highest BCUT2D eigenvalue weighted by Gasteiger charge is 2.10. The number of aromatic carboxylic acids is 1. The van der Waals surface area contributed by atoms with E-state index in [0.29, 0.717) is 31.1 Å². The number of ether oxygens (including phenoxy) is 1. The van der Waals surface area contributed by atoms with Gasteiger partial charge < -0.3 is 20.1 Å². The lowest BCUT2D eigenvalue weighted by Crippen LogP contribution is -2.40. The number of amides is 2. The van der Waals surface area contributed by atoms with Crippen LogP contribution in [0.1, 0.15) is 29.3 Å². The van der Waals surface area contributed by atoms with E-state index in [2.05, 4.69) is 10.3 Å². The molecule has 1 heterocycles. The molecule has 0 saturated heterocycles. The van der Waals surface area contributed by atoms with Crippen LogP contribution < -0.4 is 5.32 Å². The Morgan fingerprint density at radius 1 is 1.52 bits per heavy atom. The Morgan fingerprint density at radius 2 is 2.24 bits per heavy atom. The zero-order chi connectivity index (χ0) is 15.8. The third-order valence-corrected chi connectivity index (χ3v) is 3.52. The summed E-state index contributed by atoms with van der Waals surface area (Å²) < 4.78 is 5.38. The maximum Gasteiger partial charge on any atom is 0.355 e. The van der Waals surface area contributed by atoms with Gasteiger partial charge in [0.25, 0.3) is 0 Å². The largest absolute Gasteiger partial charge is 0.476 e. The number of rotatable bonds is 8. The van der Waals surface area contributed by atoms with Crippen LogP contribution in [0, 0.1) is 0 Å². The van der Waals surface area contributed by atoms with Crippen LogP contribution in [0.15, 0.2) is 5.38 Å². The quantitative estimate of drug-likeness (QED) is 0.757. The van der Waals surface area contributed by atoms with Crippen molar-refractivity contribution in [3.05, 3.63) is 16.1 Å². The number of likely N-dealkylation sites (N-methyl/N-ethyl adjacent to an activating group) is 1. The molecule has 0 bridgehead atoms. The van der Waals surface area contributed by atoms with Gasteiger partial charge in [-0.3, -0.25) is 0 Å². The summed E-state index contributed by atoms with van der Waals surface area (Å²) in [6.07, 6.45) is 0.662. The van der Waals surface area contributed by atoms with Gasteiger partial charge in [0.05, 0.1) is 17.7 Å². The van der Waals surface area contributed by atoms with Crippen molar-refractivity contribution in [3.63, 3.8) is 0 Å². The first-order chi connectivity index (χ1) is 9.90. The van der Waals surface area contributed by atoms with Crippen LogP contribution in [0.3, 0.4) is 0 Å². The van der Waals surface area contributed by atoms with Gasteiger partial charge >= 0.3 is 12.0 Å². The van der Waals surface area contributed by atoms with E-state index < -0.39 is 5.97 Å². The Morgan fingerprint density at radius 3 is 2.81 bits per heavy atom. The SMILES string of the molecule is CC(C)OCCN(C)C(=O)NCCc1nc(C(=O)O)cs1. The van der Waals surface area contributed by atoms with Crippen molar-refractivity contribution in [2.45, 2.75) is 26.4 Å². The summed E-state index contributed by atoms with van der Waals surface area (Å²) in [6, 6.07) is -0.183. The summed E-state index contributed by atoms with van der Waals surface area (Å²) in [6.45, 7) is 5.32. The first kappa shape index (κ1) is 17.4. The normalized spacial score (nSPS) is 10.7. The third-order valence-electron chi connectivity index (χ3n) is 2.61. The molecule has 0 aromatic carbocycles. The van der Waals surface area contributed by atoms with Crippen LogP contribution in [0.2, 0.25) is 0 Å². The molecular weight excluding hydrogens is 294 g/mol. The van der Waals surface area contributed by atoms with E-state index in [1.54, 1.807) is 11.9 Å². The number of nitrogens with one attached hydrogen (secondary N) is 1. The minimum absolute atomic E-state index is 0.0456. The van der Waals surface area contributed by atoms with Crippen molar-refractivity contribution in [2.75, 3.05) is 26.7 Å². The lowest BCUT2D eigenvalue weighted by molar-refractivity contribution is 0.0680. The number of hydrogen-bond acceptors (Lipinski definition) is 5. The molecule has 0 aliphatic heterocycles. The number of thiazole rings is 1.